The van der Waals surface area contributed by atoms with Crippen LogP contribution in [0.3, 0.4) is 0 Å². The fraction of sp³-hybridized carbons (Fsp3) is 0.875. The number of aliphatic hydroxyl groups excluding tert-OH is 3. The summed E-state index contributed by atoms with van der Waals surface area (Å²) in [6, 6.07) is -1.28. The minimum absolute atomic E-state index is 0. The van der Waals surface area contributed by atoms with Gasteiger partial charge in [0.1, 0.15) is 24.4 Å². The topological polar surface area (TPSA) is 171 Å². The zero-order valence-corrected chi connectivity index (χ0v) is 16.7. The number of carbonyl (C=O) groups excluding carboxylic acids is 1. The number of hydrogen-bond donors (Lipinski definition) is 4. The molecule has 1 fully saturated rings. The van der Waals surface area contributed by atoms with Crippen molar-refractivity contribution in [2.24, 2.45) is 0 Å². The van der Waals surface area contributed by atoms with Gasteiger partial charge >= 0.3 is 59.1 Å². The number of nitrogens with one attached hydrogen (secondary N) is 1. The van der Waals surface area contributed by atoms with Crippen LogP contribution < -0.4 is 74.2 Å². The molecule has 13 heteroatoms. The van der Waals surface area contributed by atoms with Crippen molar-refractivity contribution >= 4 is 13.7 Å². The first kappa shape index (κ1) is 24.7. The Bertz CT molecular complexity index is 381. The van der Waals surface area contributed by atoms with Crippen LogP contribution in [-0.4, -0.2) is 58.5 Å². The van der Waals surface area contributed by atoms with Gasteiger partial charge in [-0.05, 0) is 0 Å². The summed E-state index contributed by atoms with van der Waals surface area (Å²) in [5.74, 6) is -0.572. The van der Waals surface area contributed by atoms with Crippen molar-refractivity contribution in [3.05, 3.63) is 0 Å². The molecule has 0 aromatic carbocycles. The molecule has 0 bridgehead atoms. The van der Waals surface area contributed by atoms with E-state index in [4.69, 9.17) is 4.74 Å². The zero-order chi connectivity index (χ0) is 14.8. The number of hydrogen-bond acceptors (Lipinski definition) is 9. The molecule has 0 aliphatic carbocycles. The molecule has 112 valence electrons. The molecule has 1 rings (SSSR count). The van der Waals surface area contributed by atoms with Gasteiger partial charge in [0.25, 0.3) is 0 Å². The van der Waals surface area contributed by atoms with Crippen molar-refractivity contribution < 1.29 is 103 Å². The maximum Gasteiger partial charge on any atom is 1.00 e. The molecule has 1 heterocycles. The largest absolute Gasteiger partial charge is 1.00 e. The predicted molar refractivity (Wildman–Crippen MR) is 54.1 cm³/mol. The second-order valence-electron chi connectivity index (χ2n) is 4.02. The summed E-state index contributed by atoms with van der Waals surface area (Å²) in [6.45, 7) is 0.276. The smallest absolute Gasteiger partial charge is 0.790 e. The summed E-state index contributed by atoms with van der Waals surface area (Å²) in [7, 11) is -5.26. The first-order valence-corrected chi connectivity index (χ1v) is 6.71. The Hall–Kier alpha value is 1.42. The number of aliphatic hydroxyl groups is 3. The molecule has 5 atom stereocenters. The van der Waals surface area contributed by atoms with Crippen LogP contribution in [0.4, 0.5) is 0 Å². The molecule has 0 saturated carbocycles. The minimum Gasteiger partial charge on any atom is -0.790 e. The van der Waals surface area contributed by atoms with Crippen molar-refractivity contribution in [2.45, 2.75) is 37.6 Å². The van der Waals surface area contributed by atoms with E-state index in [1.807, 2.05) is 0 Å². The normalized spacial score (nSPS) is 32.6. The monoisotopic (exact) mass is 345 g/mol. The summed E-state index contributed by atoms with van der Waals surface area (Å²) in [5.41, 5.74) is 0. The average Bonchev–Trinajstić information content (AvgIpc) is 2.26. The van der Waals surface area contributed by atoms with Gasteiger partial charge in [0, 0.05) is 6.92 Å². The van der Waals surface area contributed by atoms with Gasteiger partial charge in [-0.15, -0.1) is 0 Å². The van der Waals surface area contributed by atoms with Crippen LogP contribution >= 0.6 is 7.82 Å². The molecule has 10 nitrogen and oxygen atoms in total. The number of rotatable bonds is 4. The van der Waals surface area contributed by atoms with Crippen molar-refractivity contribution in [3.8, 4) is 0 Å². The van der Waals surface area contributed by atoms with Crippen LogP contribution in [0.25, 0.3) is 0 Å². The Morgan fingerprint density at radius 3 is 2.24 bits per heavy atom. The van der Waals surface area contributed by atoms with E-state index in [-0.39, 0.29) is 59.1 Å². The number of carbonyl (C=O) groups is 1. The van der Waals surface area contributed by atoms with Gasteiger partial charge in [-0.3, -0.25) is 4.79 Å². The maximum atomic E-state index is 10.8. The van der Waals surface area contributed by atoms with Gasteiger partial charge in [-0.2, -0.15) is 0 Å². The standard InChI is InChI=1S/C8H16NO9P.2Na/c1-3(10)9-5-7(12)6(11)4(18-8(5)13)2-17-19(14,15)16;;/h4-8,11-13H,2H2,1H3,(H,9,10)(H2,14,15,16);;/q;2*+1/p-2. The van der Waals surface area contributed by atoms with Crippen LogP contribution in [0.15, 0.2) is 0 Å². The van der Waals surface area contributed by atoms with Gasteiger partial charge in [0.2, 0.25) is 5.91 Å². The number of phosphoric ester groups is 1. The van der Waals surface area contributed by atoms with Gasteiger partial charge < -0.3 is 44.2 Å². The summed E-state index contributed by atoms with van der Waals surface area (Å²) in [4.78, 5) is 31.4. The molecule has 0 aromatic heterocycles. The van der Waals surface area contributed by atoms with Crippen LogP contribution in [0.1, 0.15) is 6.92 Å². The molecule has 4 N–H and O–H groups in total. The molecule has 1 saturated heterocycles. The Labute approximate surface area is 165 Å². The van der Waals surface area contributed by atoms with Gasteiger partial charge in [0.05, 0.1) is 14.4 Å². The average molecular weight is 345 g/mol. The van der Waals surface area contributed by atoms with Gasteiger partial charge in [0.15, 0.2) is 6.29 Å². The molecule has 0 radical (unpaired) electrons. The van der Waals surface area contributed by atoms with E-state index in [0.29, 0.717) is 0 Å². The molecular formula is C8H14NNa2O9P. The van der Waals surface area contributed by atoms with Crippen molar-refractivity contribution in [1.29, 1.82) is 0 Å². The Morgan fingerprint density at radius 1 is 1.29 bits per heavy atom. The Morgan fingerprint density at radius 2 is 1.81 bits per heavy atom. The first-order chi connectivity index (χ1) is 8.61. The van der Waals surface area contributed by atoms with E-state index in [2.05, 4.69) is 9.84 Å². The van der Waals surface area contributed by atoms with Crippen LogP contribution in [-0.2, 0) is 18.6 Å². The molecule has 1 amide bonds. The first-order valence-electron chi connectivity index (χ1n) is 5.25. The Balaban J connectivity index is 0. The predicted octanol–water partition coefficient (Wildman–Crippen LogP) is -10.2. The number of phosphoric acid groups is 1. The summed E-state index contributed by atoms with van der Waals surface area (Å²) in [5, 5.41) is 31.0. The van der Waals surface area contributed by atoms with E-state index >= 15 is 0 Å². The fourth-order valence-corrected chi connectivity index (χ4v) is 1.97. The Kier molecular flexibility index (Phi) is 12.1. The fourth-order valence-electron chi connectivity index (χ4n) is 1.64. The molecule has 0 spiro atoms. The summed E-state index contributed by atoms with van der Waals surface area (Å²) < 4.78 is 19.0. The van der Waals surface area contributed by atoms with Crippen molar-refractivity contribution in [3.63, 3.8) is 0 Å². The molecule has 0 aromatic rings. The zero-order valence-electron chi connectivity index (χ0n) is 11.8. The van der Waals surface area contributed by atoms with E-state index in [0.717, 1.165) is 6.92 Å². The van der Waals surface area contributed by atoms with Crippen molar-refractivity contribution in [2.75, 3.05) is 6.61 Å². The third kappa shape index (κ3) is 8.18. The molecule has 1 aliphatic heterocycles. The SMILES string of the molecule is CC(=O)NC1C(O)OC(COP(=O)([O-])[O-])C(O)C1O.[Na+].[Na+]. The quantitative estimate of drug-likeness (QED) is 0.285. The van der Waals surface area contributed by atoms with E-state index in [1.54, 1.807) is 0 Å². The number of amides is 1. The van der Waals surface area contributed by atoms with Gasteiger partial charge in [-0.1, -0.05) is 0 Å². The van der Waals surface area contributed by atoms with Crippen LogP contribution in [0.2, 0.25) is 0 Å². The second kappa shape index (κ2) is 10.3. The van der Waals surface area contributed by atoms with E-state index in [1.165, 1.54) is 0 Å². The second-order valence-corrected chi connectivity index (χ2v) is 5.17. The molecule has 1 aliphatic rings. The van der Waals surface area contributed by atoms with Gasteiger partial charge in [-0.25, -0.2) is 0 Å². The third-order valence-corrected chi connectivity index (χ3v) is 2.95. The maximum absolute atomic E-state index is 10.8. The number of ether oxygens (including phenoxy) is 1. The van der Waals surface area contributed by atoms with Crippen LogP contribution in [0.5, 0.6) is 0 Å². The molecule has 21 heavy (non-hydrogen) atoms. The van der Waals surface area contributed by atoms with Crippen molar-refractivity contribution in [1.82, 2.24) is 5.32 Å². The third-order valence-electron chi connectivity index (χ3n) is 2.49. The van der Waals surface area contributed by atoms with Crippen LogP contribution in [0, 0.1) is 0 Å². The molecular weight excluding hydrogens is 331 g/mol. The minimum atomic E-state index is -5.26. The van der Waals surface area contributed by atoms with E-state index in [9.17, 15) is 34.5 Å². The summed E-state index contributed by atoms with van der Waals surface area (Å²) in [6.07, 6.45) is -6.37. The molecule has 5 unspecified atom stereocenters. The van der Waals surface area contributed by atoms with E-state index < -0.39 is 51.0 Å². The summed E-state index contributed by atoms with van der Waals surface area (Å²) >= 11 is 0.